The van der Waals surface area contributed by atoms with E-state index in [1.807, 2.05) is 0 Å². The minimum atomic E-state index is 1.32. The molecule has 0 saturated carbocycles. The molecular weight excluding hydrogens is 172 g/mol. The molecule has 0 atom stereocenters. The average molecular weight is 196 g/mol. The summed E-state index contributed by atoms with van der Waals surface area (Å²) in [6.45, 7) is 8.06. The summed E-state index contributed by atoms with van der Waals surface area (Å²) in [5.74, 6) is 0. The van der Waals surface area contributed by atoms with Crippen molar-refractivity contribution >= 4 is 0 Å². The Bertz CT molecular complexity index is 128. The summed E-state index contributed by atoms with van der Waals surface area (Å²) in [6.07, 6.45) is 8.64. The number of hydrogen-bond donors (Lipinski definition) is 0. The minimum absolute atomic E-state index is 1.32. The van der Waals surface area contributed by atoms with Crippen molar-refractivity contribution in [2.45, 2.75) is 38.5 Å². The van der Waals surface area contributed by atoms with E-state index in [0.717, 1.165) is 0 Å². The van der Waals surface area contributed by atoms with Gasteiger partial charge in [0.2, 0.25) is 0 Å². The van der Waals surface area contributed by atoms with Crippen molar-refractivity contribution < 1.29 is 0 Å². The maximum Gasteiger partial charge on any atom is 0.0109 e. The number of likely N-dealkylation sites (tertiary alicyclic amines) is 2. The van der Waals surface area contributed by atoms with Crippen LogP contribution in [0.4, 0.5) is 0 Å². The second kappa shape index (κ2) is 5.72. The molecular formula is C12H24N2. The molecule has 2 nitrogen and oxygen atoms in total. The molecule has 14 heavy (non-hydrogen) atoms. The first-order valence-corrected chi connectivity index (χ1v) is 6.40. The summed E-state index contributed by atoms with van der Waals surface area (Å²) < 4.78 is 0. The Morgan fingerprint density at radius 1 is 0.500 bits per heavy atom. The molecule has 0 amide bonds. The van der Waals surface area contributed by atoms with Crippen molar-refractivity contribution in [1.82, 2.24) is 9.80 Å². The highest BCUT2D eigenvalue weighted by Crippen LogP contribution is 2.11. The van der Waals surface area contributed by atoms with Gasteiger partial charge in [-0.2, -0.15) is 0 Å². The zero-order chi connectivity index (χ0) is 9.64. The Balaban J connectivity index is 1.60. The highest BCUT2D eigenvalue weighted by Gasteiger charge is 2.13. The van der Waals surface area contributed by atoms with E-state index >= 15 is 0 Å². The van der Waals surface area contributed by atoms with Crippen LogP contribution in [-0.2, 0) is 0 Å². The average Bonchev–Trinajstić information content (AvgIpc) is 2.29. The summed E-state index contributed by atoms with van der Waals surface area (Å²) in [4.78, 5) is 5.30. The normalized spacial score (nSPS) is 26.6. The lowest BCUT2D eigenvalue weighted by Gasteiger charge is -2.31. The number of rotatable bonds is 3. The Kier molecular flexibility index (Phi) is 4.26. The molecule has 0 aromatic carbocycles. The van der Waals surface area contributed by atoms with Gasteiger partial charge in [-0.05, 0) is 51.9 Å². The van der Waals surface area contributed by atoms with E-state index in [4.69, 9.17) is 0 Å². The second-order valence-electron chi connectivity index (χ2n) is 4.80. The highest BCUT2D eigenvalue weighted by atomic mass is 15.2. The minimum Gasteiger partial charge on any atom is -0.302 e. The van der Waals surface area contributed by atoms with E-state index in [1.54, 1.807) is 0 Å². The molecule has 2 fully saturated rings. The Hall–Kier alpha value is -0.0800. The van der Waals surface area contributed by atoms with Crippen LogP contribution in [0.15, 0.2) is 0 Å². The molecule has 0 radical (unpaired) electrons. The van der Waals surface area contributed by atoms with Gasteiger partial charge in [0.25, 0.3) is 0 Å². The molecule has 0 unspecified atom stereocenters. The predicted molar refractivity (Wildman–Crippen MR) is 60.6 cm³/mol. The molecule has 0 bridgehead atoms. The van der Waals surface area contributed by atoms with Gasteiger partial charge in [0, 0.05) is 13.1 Å². The first kappa shape index (κ1) is 10.4. The molecule has 82 valence electrons. The molecule has 0 aromatic heterocycles. The van der Waals surface area contributed by atoms with E-state index in [-0.39, 0.29) is 0 Å². The number of piperidine rings is 2. The summed E-state index contributed by atoms with van der Waals surface area (Å²) >= 11 is 0. The fourth-order valence-corrected chi connectivity index (χ4v) is 2.65. The lowest BCUT2D eigenvalue weighted by atomic mass is 10.1. The number of nitrogens with zero attached hydrogens (tertiary/aromatic N) is 2. The van der Waals surface area contributed by atoms with Gasteiger partial charge < -0.3 is 9.80 Å². The standard InChI is InChI=1S/C12H24N2/c1-3-7-13(8-4-1)11-12-14-9-5-2-6-10-14/h1-12H2. The SMILES string of the molecule is C1CCN(CCN2CCCCC2)CC1. The zero-order valence-corrected chi connectivity index (χ0v) is 9.38. The molecule has 0 N–H and O–H groups in total. The lowest BCUT2D eigenvalue weighted by Crippen LogP contribution is -2.39. The highest BCUT2D eigenvalue weighted by molar-refractivity contribution is 4.69. The molecule has 2 aliphatic rings. The van der Waals surface area contributed by atoms with Gasteiger partial charge in [-0.25, -0.2) is 0 Å². The van der Waals surface area contributed by atoms with Gasteiger partial charge in [-0.3, -0.25) is 0 Å². The first-order valence-electron chi connectivity index (χ1n) is 6.40. The summed E-state index contributed by atoms with van der Waals surface area (Å²) in [6, 6.07) is 0. The van der Waals surface area contributed by atoms with E-state index in [0.29, 0.717) is 0 Å². The van der Waals surface area contributed by atoms with Crippen LogP contribution in [0.3, 0.4) is 0 Å². The molecule has 2 saturated heterocycles. The first-order chi connectivity index (χ1) is 6.95. The quantitative estimate of drug-likeness (QED) is 0.681. The van der Waals surface area contributed by atoms with Crippen molar-refractivity contribution in [1.29, 1.82) is 0 Å². The van der Waals surface area contributed by atoms with E-state index in [9.17, 15) is 0 Å². The molecule has 2 rings (SSSR count). The smallest absolute Gasteiger partial charge is 0.0109 e. The largest absolute Gasteiger partial charge is 0.302 e. The van der Waals surface area contributed by atoms with Crippen LogP contribution < -0.4 is 0 Å². The lowest BCUT2D eigenvalue weighted by molar-refractivity contribution is 0.166. The predicted octanol–water partition coefficient (Wildman–Crippen LogP) is 1.96. The van der Waals surface area contributed by atoms with Crippen LogP contribution in [0, 0.1) is 0 Å². The van der Waals surface area contributed by atoms with Crippen LogP contribution in [-0.4, -0.2) is 49.1 Å². The molecule has 2 heterocycles. The van der Waals surface area contributed by atoms with Gasteiger partial charge in [-0.1, -0.05) is 12.8 Å². The topological polar surface area (TPSA) is 6.48 Å². The second-order valence-corrected chi connectivity index (χ2v) is 4.80. The molecule has 2 aliphatic heterocycles. The summed E-state index contributed by atoms with van der Waals surface area (Å²) in [5, 5.41) is 0. The number of hydrogen-bond acceptors (Lipinski definition) is 2. The Morgan fingerprint density at radius 2 is 0.857 bits per heavy atom. The molecule has 0 aromatic rings. The van der Waals surface area contributed by atoms with Gasteiger partial charge in [0.15, 0.2) is 0 Å². The molecule has 0 spiro atoms. The van der Waals surface area contributed by atoms with Crippen LogP contribution in [0.5, 0.6) is 0 Å². The van der Waals surface area contributed by atoms with Crippen molar-refractivity contribution in [2.24, 2.45) is 0 Å². The maximum atomic E-state index is 2.65. The van der Waals surface area contributed by atoms with E-state index in [1.165, 1.54) is 77.8 Å². The van der Waals surface area contributed by atoms with E-state index in [2.05, 4.69) is 9.80 Å². The third-order valence-electron chi connectivity index (χ3n) is 3.63. The van der Waals surface area contributed by atoms with Gasteiger partial charge in [-0.15, -0.1) is 0 Å². The fraction of sp³-hybridized carbons (Fsp3) is 1.00. The third-order valence-corrected chi connectivity index (χ3v) is 3.63. The van der Waals surface area contributed by atoms with Crippen LogP contribution in [0.25, 0.3) is 0 Å². The molecule has 2 heteroatoms. The third kappa shape index (κ3) is 3.25. The monoisotopic (exact) mass is 196 g/mol. The van der Waals surface area contributed by atoms with Crippen LogP contribution in [0.1, 0.15) is 38.5 Å². The zero-order valence-electron chi connectivity index (χ0n) is 9.38. The Labute approximate surface area is 88.3 Å². The van der Waals surface area contributed by atoms with Crippen molar-refractivity contribution in [3.05, 3.63) is 0 Å². The molecule has 0 aliphatic carbocycles. The summed E-state index contributed by atoms with van der Waals surface area (Å²) in [5.41, 5.74) is 0. The van der Waals surface area contributed by atoms with Gasteiger partial charge >= 0.3 is 0 Å². The van der Waals surface area contributed by atoms with Crippen LogP contribution >= 0.6 is 0 Å². The maximum absolute atomic E-state index is 2.65. The van der Waals surface area contributed by atoms with E-state index < -0.39 is 0 Å². The van der Waals surface area contributed by atoms with Crippen molar-refractivity contribution in [2.75, 3.05) is 39.3 Å². The van der Waals surface area contributed by atoms with Crippen molar-refractivity contribution in [3.8, 4) is 0 Å². The van der Waals surface area contributed by atoms with Gasteiger partial charge in [0.1, 0.15) is 0 Å². The Morgan fingerprint density at radius 3 is 1.21 bits per heavy atom. The summed E-state index contributed by atoms with van der Waals surface area (Å²) in [7, 11) is 0. The fourth-order valence-electron chi connectivity index (χ4n) is 2.65. The van der Waals surface area contributed by atoms with Gasteiger partial charge in [0.05, 0.1) is 0 Å². The van der Waals surface area contributed by atoms with Crippen molar-refractivity contribution in [3.63, 3.8) is 0 Å². The van der Waals surface area contributed by atoms with Crippen LogP contribution in [0.2, 0.25) is 0 Å².